The van der Waals surface area contributed by atoms with Gasteiger partial charge in [0.25, 0.3) is 0 Å². The zero-order chi connectivity index (χ0) is 21.3. The predicted molar refractivity (Wildman–Crippen MR) is 108 cm³/mol. The first kappa shape index (κ1) is 20.2. The van der Waals surface area contributed by atoms with Crippen LogP contribution in [0.3, 0.4) is 0 Å². The van der Waals surface area contributed by atoms with E-state index in [2.05, 4.69) is 15.4 Å². The lowest BCUT2D eigenvalue weighted by Crippen LogP contribution is -2.29. The number of carbonyl (C=O) groups is 1. The van der Waals surface area contributed by atoms with Crippen molar-refractivity contribution in [1.82, 2.24) is 25.0 Å². The number of benzene rings is 1. The van der Waals surface area contributed by atoms with E-state index in [-0.39, 0.29) is 23.7 Å². The van der Waals surface area contributed by atoms with Crippen molar-refractivity contribution >= 4 is 5.91 Å². The SMILES string of the molecule is Cc1cc(F)ncc1CNC[C@H]1CC(=O)N(C)[C@@H]1c1cnn(-c2ccc(F)cc2)c1. The van der Waals surface area contributed by atoms with Gasteiger partial charge in [-0.05, 0) is 48.4 Å². The molecule has 1 aliphatic heterocycles. The Labute approximate surface area is 173 Å². The molecule has 6 nitrogen and oxygen atoms in total. The van der Waals surface area contributed by atoms with Crippen molar-refractivity contribution in [2.75, 3.05) is 13.6 Å². The van der Waals surface area contributed by atoms with Crippen LogP contribution in [0.2, 0.25) is 0 Å². The Morgan fingerprint density at radius 2 is 1.97 bits per heavy atom. The Balaban J connectivity index is 1.47. The predicted octanol–water partition coefficient (Wildman–Crippen LogP) is 3.16. The molecule has 1 amide bonds. The number of hydrogen-bond donors (Lipinski definition) is 1. The molecule has 3 aromatic rings. The highest BCUT2D eigenvalue weighted by Crippen LogP contribution is 2.36. The summed E-state index contributed by atoms with van der Waals surface area (Å²) in [7, 11) is 1.80. The second-order valence-corrected chi connectivity index (χ2v) is 7.67. The summed E-state index contributed by atoms with van der Waals surface area (Å²) < 4.78 is 28.0. The first-order chi connectivity index (χ1) is 14.4. The van der Waals surface area contributed by atoms with Gasteiger partial charge in [-0.1, -0.05) is 0 Å². The molecule has 1 saturated heterocycles. The van der Waals surface area contributed by atoms with Crippen LogP contribution in [-0.2, 0) is 11.3 Å². The number of aryl methyl sites for hydroxylation is 1. The number of carbonyl (C=O) groups excluding carboxylic acids is 1. The zero-order valence-electron chi connectivity index (χ0n) is 16.8. The topological polar surface area (TPSA) is 63.1 Å². The third-order valence-corrected chi connectivity index (χ3v) is 5.64. The molecule has 0 saturated carbocycles. The molecule has 0 radical (unpaired) electrons. The molecule has 0 spiro atoms. The van der Waals surface area contributed by atoms with Gasteiger partial charge < -0.3 is 10.2 Å². The molecule has 4 rings (SSSR count). The number of amides is 1. The van der Waals surface area contributed by atoms with Crippen LogP contribution in [0.15, 0.2) is 48.9 Å². The summed E-state index contributed by atoms with van der Waals surface area (Å²) in [5.41, 5.74) is 3.45. The van der Waals surface area contributed by atoms with E-state index in [0.717, 1.165) is 22.4 Å². The summed E-state index contributed by atoms with van der Waals surface area (Å²) in [4.78, 5) is 17.8. The number of pyridine rings is 1. The van der Waals surface area contributed by atoms with E-state index < -0.39 is 5.95 Å². The van der Waals surface area contributed by atoms with Gasteiger partial charge in [0.1, 0.15) is 5.82 Å². The molecule has 0 unspecified atom stereocenters. The highest BCUT2D eigenvalue weighted by atomic mass is 19.1. The number of halogens is 2. The average Bonchev–Trinajstić information content (AvgIpc) is 3.29. The van der Waals surface area contributed by atoms with Gasteiger partial charge in [0.2, 0.25) is 11.9 Å². The number of rotatable bonds is 6. The Kier molecular flexibility index (Phi) is 5.59. The van der Waals surface area contributed by atoms with E-state index in [1.165, 1.54) is 24.4 Å². The van der Waals surface area contributed by atoms with Crippen molar-refractivity contribution in [3.8, 4) is 5.69 Å². The highest BCUT2D eigenvalue weighted by Gasteiger charge is 2.38. The van der Waals surface area contributed by atoms with E-state index >= 15 is 0 Å². The molecule has 8 heteroatoms. The third-order valence-electron chi connectivity index (χ3n) is 5.64. The molecule has 156 valence electrons. The number of likely N-dealkylation sites (tertiary alicyclic amines) is 1. The van der Waals surface area contributed by atoms with E-state index in [9.17, 15) is 13.6 Å². The van der Waals surface area contributed by atoms with Gasteiger partial charge in [0, 0.05) is 50.4 Å². The molecule has 30 heavy (non-hydrogen) atoms. The molecule has 1 fully saturated rings. The maximum atomic E-state index is 13.2. The molecule has 1 aromatic carbocycles. The lowest BCUT2D eigenvalue weighted by Gasteiger charge is -2.24. The van der Waals surface area contributed by atoms with Gasteiger partial charge in [-0.3, -0.25) is 4.79 Å². The van der Waals surface area contributed by atoms with Crippen molar-refractivity contribution in [2.45, 2.75) is 25.9 Å². The molecule has 3 heterocycles. The second-order valence-electron chi connectivity index (χ2n) is 7.67. The molecular weight excluding hydrogens is 388 g/mol. The lowest BCUT2D eigenvalue weighted by atomic mass is 9.95. The highest BCUT2D eigenvalue weighted by molar-refractivity contribution is 5.79. The van der Waals surface area contributed by atoms with Crippen molar-refractivity contribution in [3.63, 3.8) is 0 Å². The van der Waals surface area contributed by atoms with Crippen molar-refractivity contribution < 1.29 is 13.6 Å². The fourth-order valence-corrected chi connectivity index (χ4v) is 3.98. The maximum Gasteiger partial charge on any atom is 0.223 e. The van der Waals surface area contributed by atoms with E-state index in [1.807, 2.05) is 13.1 Å². The summed E-state index contributed by atoms with van der Waals surface area (Å²) in [6, 6.07) is 7.41. The standard InChI is InChI=1S/C22H23F2N5O/c1-14-7-20(24)26-11-16(14)10-25-9-15-8-21(30)28(2)22(15)17-12-27-29(13-17)19-5-3-18(23)4-6-19/h3-7,11-13,15,22,25H,8-10H2,1-2H3/t15-,22+/m1/s1. The molecule has 0 bridgehead atoms. The molecule has 0 aliphatic carbocycles. The maximum absolute atomic E-state index is 13.2. The molecule has 1 N–H and O–H groups in total. The van der Waals surface area contributed by atoms with Crippen molar-refractivity contribution in [3.05, 3.63) is 77.4 Å². The normalized spacial score (nSPS) is 18.9. The minimum Gasteiger partial charge on any atom is -0.338 e. The Bertz CT molecular complexity index is 1050. The number of aromatic nitrogens is 3. The van der Waals surface area contributed by atoms with Crippen LogP contribution < -0.4 is 5.32 Å². The summed E-state index contributed by atoms with van der Waals surface area (Å²) in [5.74, 6) is -0.634. The van der Waals surface area contributed by atoms with Crippen molar-refractivity contribution in [2.24, 2.45) is 5.92 Å². The fourth-order valence-electron chi connectivity index (χ4n) is 3.98. The number of hydrogen-bond acceptors (Lipinski definition) is 4. The quantitative estimate of drug-likeness (QED) is 0.633. The van der Waals surface area contributed by atoms with Crippen LogP contribution in [0.4, 0.5) is 8.78 Å². The molecule has 2 aromatic heterocycles. The van der Waals surface area contributed by atoms with E-state index in [1.54, 1.807) is 35.0 Å². The minimum absolute atomic E-state index is 0.0714. The minimum atomic E-state index is -0.488. The van der Waals surface area contributed by atoms with E-state index in [0.29, 0.717) is 19.5 Å². The van der Waals surface area contributed by atoms with Gasteiger partial charge in [-0.25, -0.2) is 14.1 Å². The summed E-state index contributed by atoms with van der Waals surface area (Å²) in [5, 5.41) is 7.77. The van der Waals surface area contributed by atoms with Gasteiger partial charge in [0.15, 0.2) is 0 Å². The Morgan fingerprint density at radius 3 is 2.70 bits per heavy atom. The monoisotopic (exact) mass is 411 g/mol. The van der Waals surface area contributed by atoms with Crippen LogP contribution in [0.1, 0.15) is 29.2 Å². The molecule has 2 atom stereocenters. The summed E-state index contributed by atoms with van der Waals surface area (Å²) in [6.45, 7) is 3.02. The van der Waals surface area contributed by atoms with Crippen LogP contribution in [0.5, 0.6) is 0 Å². The summed E-state index contributed by atoms with van der Waals surface area (Å²) >= 11 is 0. The van der Waals surface area contributed by atoms with Gasteiger partial charge in [-0.2, -0.15) is 9.49 Å². The van der Waals surface area contributed by atoms with Gasteiger partial charge in [0.05, 0.1) is 17.9 Å². The van der Waals surface area contributed by atoms with Crippen LogP contribution in [-0.4, -0.2) is 39.2 Å². The Hall–Kier alpha value is -3.13. The second kappa shape index (κ2) is 8.31. The van der Waals surface area contributed by atoms with Crippen LogP contribution in [0.25, 0.3) is 5.69 Å². The number of nitrogens with zero attached hydrogens (tertiary/aromatic N) is 4. The number of nitrogens with one attached hydrogen (secondary N) is 1. The average molecular weight is 411 g/mol. The van der Waals surface area contributed by atoms with E-state index in [4.69, 9.17) is 0 Å². The first-order valence-corrected chi connectivity index (χ1v) is 9.80. The van der Waals surface area contributed by atoms with Crippen molar-refractivity contribution in [1.29, 1.82) is 0 Å². The first-order valence-electron chi connectivity index (χ1n) is 9.80. The zero-order valence-corrected chi connectivity index (χ0v) is 16.8. The largest absolute Gasteiger partial charge is 0.338 e. The lowest BCUT2D eigenvalue weighted by molar-refractivity contribution is -0.127. The molecule has 1 aliphatic rings. The van der Waals surface area contributed by atoms with Gasteiger partial charge in [-0.15, -0.1) is 0 Å². The van der Waals surface area contributed by atoms with Crippen LogP contribution in [0, 0.1) is 24.6 Å². The Morgan fingerprint density at radius 1 is 1.20 bits per heavy atom. The summed E-state index contributed by atoms with van der Waals surface area (Å²) in [6.07, 6.45) is 5.61. The third kappa shape index (κ3) is 4.09. The van der Waals surface area contributed by atoms with Gasteiger partial charge >= 0.3 is 0 Å². The fraction of sp³-hybridized carbons (Fsp3) is 0.318. The van der Waals surface area contributed by atoms with Crippen LogP contribution >= 0.6 is 0 Å². The molecular formula is C22H23F2N5O. The smallest absolute Gasteiger partial charge is 0.223 e.